The van der Waals surface area contributed by atoms with Crippen LogP contribution in [0.1, 0.15) is 36.8 Å². The molecular formula is C18H17N5O4. The van der Waals surface area contributed by atoms with Gasteiger partial charge in [-0.3, -0.25) is 0 Å². The van der Waals surface area contributed by atoms with Gasteiger partial charge >= 0.3 is 5.97 Å². The van der Waals surface area contributed by atoms with Gasteiger partial charge in [-0.2, -0.15) is 9.61 Å². The number of hydrogen-bond donors (Lipinski definition) is 0. The summed E-state index contributed by atoms with van der Waals surface area (Å²) < 4.78 is 18.3. The third kappa shape index (κ3) is 2.97. The van der Waals surface area contributed by atoms with Gasteiger partial charge in [0.25, 0.3) is 5.88 Å². The van der Waals surface area contributed by atoms with E-state index in [2.05, 4.69) is 20.3 Å². The summed E-state index contributed by atoms with van der Waals surface area (Å²) in [6.07, 6.45) is 1.25. The van der Waals surface area contributed by atoms with E-state index in [1.807, 2.05) is 32.0 Å². The van der Waals surface area contributed by atoms with Crippen LogP contribution in [0.4, 0.5) is 5.69 Å². The van der Waals surface area contributed by atoms with Crippen LogP contribution in [0.15, 0.2) is 35.5 Å². The molecule has 4 rings (SSSR count). The van der Waals surface area contributed by atoms with Gasteiger partial charge in [0.1, 0.15) is 11.3 Å². The van der Waals surface area contributed by atoms with Crippen molar-refractivity contribution in [3.8, 4) is 11.6 Å². The van der Waals surface area contributed by atoms with Crippen molar-refractivity contribution in [1.29, 1.82) is 0 Å². The number of rotatable bonds is 3. The lowest BCUT2D eigenvalue weighted by atomic mass is 10.3. The van der Waals surface area contributed by atoms with Crippen LogP contribution in [0.5, 0.6) is 11.6 Å². The zero-order valence-corrected chi connectivity index (χ0v) is 15.0. The van der Waals surface area contributed by atoms with Crippen LogP contribution in [0, 0.1) is 0 Å². The standard InChI is InChI=1S/C18H17N5O4/c1-4-25-18(24)11-9-19-23-15(11)22-21-14-16(26-10(2)3)20-12-7-5-6-8-13(12)27-17(14)23/h5-10H,4H2,1-3H3. The van der Waals surface area contributed by atoms with Crippen LogP contribution in [0.3, 0.4) is 0 Å². The molecule has 0 atom stereocenters. The summed E-state index contributed by atoms with van der Waals surface area (Å²) in [5, 5.41) is 12.6. The van der Waals surface area contributed by atoms with Gasteiger partial charge in [0, 0.05) is 0 Å². The summed E-state index contributed by atoms with van der Waals surface area (Å²) in [5.41, 5.74) is 1.33. The lowest BCUT2D eigenvalue weighted by molar-refractivity contribution is 0.0528. The fourth-order valence-electron chi connectivity index (χ4n) is 2.61. The summed E-state index contributed by atoms with van der Waals surface area (Å²) in [5.74, 6) is 0.527. The molecule has 0 radical (unpaired) electrons. The molecule has 2 aromatic heterocycles. The Balaban J connectivity index is 1.92. The summed E-state index contributed by atoms with van der Waals surface area (Å²) in [6.45, 7) is 5.75. The Morgan fingerprint density at radius 3 is 2.85 bits per heavy atom. The van der Waals surface area contributed by atoms with Crippen LogP contribution in [0.2, 0.25) is 0 Å². The number of nitrogens with zero attached hydrogens (tertiary/aromatic N) is 5. The predicted molar refractivity (Wildman–Crippen MR) is 95.7 cm³/mol. The largest absolute Gasteiger partial charge is 0.473 e. The Labute approximate surface area is 154 Å². The normalized spacial score (nSPS) is 12.7. The molecule has 0 fully saturated rings. The first-order chi connectivity index (χ1) is 13.1. The Morgan fingerprint density at radius 2 is 2.07 bits per heavy atom. The minimum absolute atomic E-state index is 0.132. The van der Waals surface area contributed by atoms with Crippen molar-refractivity contribution in [3.05, 3.63) is 41.7 Å². The smallest absolute Gasteiger partial charge is 0.343 e. The van der Waals surface area contributed by atoms with E-state index in [4.69, 9.17) is 14.2 Å². The van der Waals surface area contributed by atoms with Crippen molar-refractivity contribution in [2.24, 2.45) is 4.99 Å². The zero-order valence-electron chi connectivity index (χ0n) is 15.0. The van der Waals surface area contributed by atoms with Gasteiger partial charge in [-0.05, 0) is 32.9 Å². The highest BCUT2D eigenvalue weighted by atomic mass is 16.5. The first-order valence-electron chi connectivity index (χ1n) is 8.52. The number of hydrogen-bond acceptors (Lipinski definition) is 8. The second-order valence-electron chi connectivity index (χ2n) is 6.02. The number of carbonyl (C=O) groups excluding carboxylic acids is 1. The molecule has 1 aromatic carbocycles. The molecule has 9 nitrogen and oxygen atoms in total. The van der Waals surface area contributed by atoms with Gasteiger partial charge in [-0.1, -0.05) is 12.1 Å². The number of aromatic nitrogens is 4. The zero-order chi connectivity index (χ0) is 19.0. The maximum atomic E-state index is 12.1. The lowest BCUT2D eigenvalue weighted by Gasteiger charge is -2.12. The molecule has 27 heavy (non-hydrogen) atoms. The number of esters is 1. The highest BCUT2D eigenvalue weighted by Crippen LogP contribution is 2.37. The number of aliphatic imine (C=N–C) groups is 1. The van der Waals surface area contributed by atoms with E-state index in [0.717, 1.165) is 0 Å². The van der Waals surface area contributed by atoms with E-state index in [1.54, 1.807) is 13.0 Å². The fraction of sp³-hybridized carbons (Fsp3) is 0.278. The van der Waals surface area contributed by atoms with Crippen molar-refractivity contribution in [1.82, 2.24) is 19.8 Å². The molecule has 0 saturated heterocycles. The molecule has 0 N–H and O–H groups in total. The molecule has 3 aromatic rings. The van der Waals surface area contributed by atoms with Gasteiger partial charge in [0.05, 0.1) is 18.9 Å². The Hall–Kier alpha value is -3.49. The average molecular weight is 367 g/mol. The van der Waals surface area contributed by atoms with E-state index in [1.165, 1.54) is 10.7 Å². The maximum absolute atomic E-state index is 12.1. The molecule has 0 spiro atoms. The van der Waals surface area contributed by atoms with Gasteiger partial charge in [0.2, 0.25) is 11.6 Å². The topological polar surface area (TPSA) is 100 Å². The Morgan fingerprint density at radius 1 is 1.26 bits per heavy atom. The van der Waals surface area contributed by atoms with E-state index in [0.29, 0.717) is 17.1 Å². The van der Waals surface area contributed by atoms with Crippen LogP contribution >= 0.6 is 0 Å². The number of benzene rings is 1. The molecule has 9 heteroatoms. The average Bonchev–Trinajstić information content (AvgIpc) is 3.00. The van der Waals surface area contributed by atoms with Crippen LogP contribution < -0.4 is 4.74 Å². The Kier molecular flexibility index (Phi) is 4.19. The SMILES string of the molecule is CCOC(=O)c1cnn2c3c(nnc12)C(OC(C)C)=Nc1ccccc1O3. The van der Waals surface area contributed by atoms with E-state index in [-0.39, 0.29) is 35.7 Å². The first-order valence-corrected chi connectivity index (χ1v) is 8.52. The predicted octanol–water partition coefficient (Wildman–Crippen LogP) is 2.91. The molecular weight excluding hydrogens is 350 g/mol. The molecule has 3 heterocycles. The molecule has 0 aliphatic carbocycles. The van der Waals surface area contributed by atoms with Gasteiger partial charge < -0.3 is 14.2 Å². The van der Waals surface area contributed by atoms with E-state index in [9.17, 15) is 4.79 Å². The Bertz CT molecular complexity index is 1060. The van der Waals surface area contributed by atoms with Crippen LogP contribution in [-0.2, 0) is 9.47 Å². The number of carbonyl (C=O) groups is 1. The fourth-order valence-corrected chi connectivity index (χ4v) is 2.61. The molecule has 0 amide bonds. The quantitative estimate of drug-likeness (QED) is 0.656. The first kappa shape index (κ1) is 17.0. The summed E-state index contributed by atoms with van der Waals surface area (Å²) in [6, 6.07) is 7.27. The lowest BCUT2D eigenvalue weighted by Crippen LogP contribution is -2.17. The van der Waals surface area contributed by atoms with Crippen molar-refractivity contribution in [2.75, 3.05) is 6.61 Å². The summed E-state index contributed by atoms with van der Waals surface area (Å²) in [7, 11) is 0. The highest BCUT2D eigenvalue weighted by molar-refractivity contribution is 5.99. The third-order valence-corrected chi connectivity index (χ3v) is 3.72. The molecule has 1 aliphatic heterocycles. The second-order valence-corrected chi connectivity index (χ2v) is 6.02. The van der Waals surface area contributed by atoms with Crippen LogP contribution in [-0.4, -0.2) is 44.4 Å². The molecule has 0 bridgehead atoms. The minimum atomic E-state index is -0.525. The van der Waals surface area contributed by atoms with Crippen molar-refractivity contribution in [3.63, 3.8) is 0 Å². The van der Waals surface area contributed by atoms with E-state index >= 15 is 0 Å². The monoisotopic (exact) mass is 367 g/mol. The molecule has 1 aliphatic rings. The second kappa shape index (κ2) is 6.67. The third-order valence-electron chi connectivity index (χ3n) is 3.72. The van der Waals surface area contributed by atoms with E-state index < -0.39 is 5.97 Å². The maximum Gasteiger partial charge on any atom is 0.343 e. The molecule has 0 unspecified atom stereocenters. The van der Waals surface area contributed by atoms with Gasteiger partial charge in [-0.25, -0.2) is 9.79 Å². The molecule has 138 valence electrons. The van der Waals surface area contributed by atoms with Crippen molar-refractivity contribution < 1.29 is 19.0 Å². The van der Waals surface area contributed by atoms with Gasteiger partial charge in [0.15, 0.2) is 11.4 Å². The summed E-state index contributed by atoms with van der Waals surface area (Å²) in [4.78, 5) is 16.7. The van der Waals surface area contributed by atoms with Crippen molar-refractivity contribution >= 4 is 23.2 Å². The minimum Gasteiger partial charge on any atom is -0.473 e. The molecule has 0 saturated carbocycles. The van der Waals surface area contributed by atoms with Crippen LogP contribution in [0.25, 0.3) is 5.65 Å². The number of ether oxygens (including phenoxy) is 3. The highest BCUT2D eigenvalue weighted by Gasteiger charge is 2.28. The number of para-hydroxylation sites is 2. The van der Waals surface area contributed by atoms with Crippen molar-refractivity contribution in [2.45, 2.75) is 26.9 Å². The number of fused-ring (bicyclic) bond motifs is 4. The summed E-state index contributed by atoms with van der Waals surface area (Å²) >= 11 is 0. The van der Waals surface area contributed by atoms with Gasteiger partial charge in [-0.15, -0.1) is 10.2 Å².